The topological polar surface area (TPSA) is 134 Å². The van der Waals surface area contributed by atoms with E-state index in [0.29, 0.717) is 24.9 Å². The van der Waals surface area contributed by atoms with Crippen LogP contribution in [0.2, 0.25) is 0 Å². The van der Waals surface area contributed by atoms with Gasteiger partial charge in [-0.2, -0.15) is 0 Å². The van der Waals surface area contributed by atoms with Crippen molar-refractivity contribution < 1.29 is 19.4 Å². The number of hydrogen-bond donors (Lipinski definition) is 4. The highest BCUT2D eigenvalue weighted by Crippen LogP contribution is 2.45. The van der Waals surface area contributed by atoms with Crippen molar-refractivity contribution in [2.45, 2.75) is 50.7 Å². The molecular formula is C25H28FN5O3. The Bertz CT molecular complexity index is 1190. The van der Waals surface area contributed by atoms with E-state index in [1.165, 1.54) is 36.7 Å². The maximum atomic E-state index is 14.2. The number of nitrogens with two attached hydrogens (primary N) is 1. The number of aliphatic hydroxyl groups is 2. The fourth-order valence-corrected chi connectivity index (χ4v) is 4.77. The van der Waals surface area contributed by atoms with Gasteiger partial charge in [-0.1, -0.05) is 13.8 Å². The monoisotopic (exact) mass is 465 g/mol. The minimum Gasteiger partial charge on any atom is -0.397 e. The number of nitrogens with one attached hydrogen (secondary N) is 1. The number of aliphatic hydroxyl groups excluding tert-OH is 1. The average Bonchev–Trinajstić information content (AvgIpc) is 2.83. The van der Waals surface area contributed by atoms with E-state index in [9.17, 15) is 19.4 Å². The summed E-state index contributed by atoms with van der Waals surface area (Å²) < 4.78 is 14.2. The first-order valence-electron chi connectivity index (χ1n) is 11.3. The van der Waals surface area contributed by atoms with Crippen molar-refractivity contribution in [1.82, 2.24) is 15.0 Å². The molecule has 3 aromatic heterocycles. The van der Waals surface area contributed by atoms with Crippen LogP contribution in [0.1, 0.15) is 55.1 Å². The highest BCUT2D eigenvalue weighted by atomic mass is 19.1. The molecule has 0 radical (unpaired) electrons. The molecule has 1 fully saturated rings. The number of amides is 1. The number of carbonyl (C=O) groups excluding carboxylic acids is 1. The molecule has 4 rings (SSSR count). The molecule has 8 nitrogen and oxygen atoms in total. The van der Waals surface area contributed by atoms with Crippen molar-refractivity contribution in [1.29, 1.82) is 0 Å². The smallest absolute Gasteiger partial charge is 0.276 e. The molecule has 0 spiro atoms. The number of pyridine rings is 3. The fourth-order valence-electron chi connectivity index (χ4n) is 4.77. The number of nitrogens with zero attached hydrogens (tertiary/aromatic N) is 3. The van der Waals surface area contributed by atoms with E-state index < -0.39 is 23.4 Å². The van der Waals surface area contributed by atoms with E-state index in [-0.39, 0.29) is 34.6 Å². The molecular weight excluding hydrogens is 437 g/mol. The standard InChI is InChI=1S/C25H28FN5O3/c1-3-25(34)14(2)11-15(12-21(25)32)16-8-10-28-13-20(16)31-24(33)23-18(27)6-7-19(30-23)22-17(26)5-4-9-29-22/h4-10,13-15,21,32,34H,3,11-12,27H2,1-2H3,(H,31,33)/t14-,15+,21+,25+/m0/s1. The van der Waals surface area contributed by atoms with Gasteiger partial charge in [-0.05, 0) is 67.0 Å². The van der Waals surface area contributed by atoms with Crippen LogP contribution >= 0.6 is 0 Å². The highest BCUT2D eigenvalue weighted by Gasteiger charge is 2.45. The van der Waals surface area contributed by atoms with Gasteiger partial charge in [0.15, 0.2) is 11.5 Å². The Morgan fingerprint density at radius 3 is 2.76 bits per heavy atom. The third-order valence-electron chi connectivity index (χ3n) is 6.83. The molecule has 1 amide bonds. The zero-order valence-electron chi connectivity index (χ0n) is 19.1. The third kappa shape index (κ3) is 4.36. The van der Waals surface area contributed by atoms with Crippen LogP contribution in [0.4, 0.5) is 15.8 Å². The summed E-state index contributed by atoms with van der Waals surface area (Å²) in [6, 6.07) is 7.53. The lowest BCUT2D eigenvalue weighted by molar-refractivity contribution is -0.138. The average molecular weight is 466 g/mol. The number of nitrogen functional groups attached to an aromatic ring is 1. The van der Waals surface area contributed by atoms with Crippen LogP contribution in [0, 0.1) is 11.7 Å². The number of rotatable bonds is 5. The van der Waals surface area contributed by atoms with Crippen LogP contribution in [0.15, 0.2) is 48.9 Å². The molecule has 1 aliphatic carbocycles. The first-order valence-corrected chi connectivity index (χ1v) is 11.3. The number of hydrogen-bond acceptors (Lipinski definition) is 7. The van der Waals surface area contributed by atoms with Crippen LogP contribution in [0.5, 0.6) is 0 Å². The molecule has 0 saturated heterocycles. The minimum absolute atomic E-state index is 0.0206. The van der Waals surface area contributed by atoms with Crippen molar-refractivity contribution >= 4 is 17.3 Å². The lowest BCUT2D eigenvalue weighted by Crippen LogP contribution is -2.51. The summed E-state index contributed by atoms with van der Waals surface area (Å²) in [6.07, 6.45) is 5.17. The van der Waals surface area contributed by atoms with Gasteiger partial charge in [0.1, 0.15) is 5.69 Å². The first kappa shape index (κ1) is 23.7. The van der Waals surface area contributed by atoms with E-state index >= 15 is 0 Å². The molecule has 1 aliphatic rings. The van der Waals surface area contributed by atoms with Gasteiger partial charge in [0.2, 0.25) is 0 Å². The summed E-state index contributed by atoms with van der Waals surface area (Å²) in [6.45, 7) is 3.78. The largest absolute Gasteiger partial charge is 0.397 e. The van der Waals surface area contributed by atoms with Crippen LogP contribution in [0.3, 0.4) is 0 Å². The molecule has 9 heteroatoms. The molecule has 34 heavy (non-hydrogen) atoms. The molecule has 1 saturated carbocycles. The third-order valence-corrected chi connectivity index (χ3v) is 6.83. The van der Waals surface area contributed by atoms with E-state index in [1.807, 2.05) is 13.8 Å². The summed E-state index contributed by atoms with van der Waals surface area (Å²) >= 11 is 0. The first-order chi connectivity index (χ1) is 16.2. The Morgan fingerprint density at radius 1 is 1.26 bits per heavy atom. The molecule has 0 aromatic carbocycles. The van der Waals surface area contributed by atoms with Crippen molar-refractivity contribution in [2.24, 2.45) is 5.92 Å². The molecule has 4 atom stereocenters. The molecule has 0 aliphatic heterocycles. The number of carbonyl (C=O) groups is 1. The van der Waals surface area contributed by atoms with Crippen molar-refractivity contribution in [2.75, 3.05) is 11.1 Å². The second-order valence-electron chi connectivity index (χ2n) is 8.82. The summed E-state index contributed by atoms with van der Waals surface area (Å²) in [5.74, 6) is -1.35. The van der Waals surface area contributed by atoms with E-state index in [0.717, 1.165) is 5.56 Å². The maximum absolute atomic E-state index is 14.2. The van der Waals surface area contributed by atoms with Gasteiger partial charge in [-0.25, -0.2) is 9.37 Å². The van der Waals surface area contributed by atoms with E-state index in [2.05, 4.69) is 20.3 Å². The van der Waals surface area contributed by atoms with Gasteiger partial charge in [0, 0.05) is 12.4 Å². The van der Waals surface area contributed by atoms with Gasteiger partial charge in [-0.3, -0.25) is 14.8 Å². The van der Waals surface area contributed by atoms with Gasteiger partial charge in [-0.15, -0.1) is 0 Å². The predicted octanol–water partition coefficient (Wildman–Crippen LogP) is 3.53. The zero-order valence-corrected chi connectivity index (χ0v) is 19.1. The quantitative estimate of drug-likeness (QED) is 0.453. The lowest BCUT2D eigenvalue weighted by atomic mass is 9.67. The molecule has 3 heterocycles. The van der Waals surface area contributed by atoms with E-state index in [4.69, 9.17) is 5.73 Å². The molecule has 5 N–H and O–H groups in total. The summed E-state index contributed by atoms with van der Waals surface area (Å²) in [7, 11) is 0. The Kier molecular flexibility index (Phi) is 6.58. The summed E-state index contributed by atoms with van der Waals surface area (Å²) in [5, 5.41) is 24.3. The Hall–Kier alpha value is -3.43. The van der Waals surface area contributed by atoms with Crippen molar-refractivity contribution in [3.05, 3.63) is 66.0 Å². The minimum atomic E-state index is -1.13. The van der Waals surface area contributed by atoms with Crippen LogP contribution in [-0.2, 0) is 0 Å². The fraction of sp³-hybridized carbons (Fsp3) is 0.360. The summed E-state index contributed by atoms with van der Waals surface area (Å²) in [5.41, 5.74) is 6.43. The van der Waals surface area contributed by atoms with Gasteiger partial charge in [0.05, 0.1) is 35.0 Å². The predicted molar refractivity (Wildman–Crippen MR) is 126 cm³/mol. The second kappa shape index (κ2) is 9.44. The molecule has 178 valence electrons. The number of aromatic nitrogens is 3. The van der Waals surface area contributed by atoms with Gasteiger partial charge in [0.25, 0.3) is 5.91 Å². The van der Waals surface area contributed by atoms with Crippen LogP contribution < -0.4 is 11.1 Å². The van der Waals surface area contributed by atoms with Gasteiger partial charge < -0.3 is 21.3 Å². The van der Waals surface area contributed by atoms with Gasteiger partial charge >= 0.3 is 0 Å². The maximum Gasteiger partial charge on any atom is 0.276 e. The molecule has 3 aromatic rings. The Balaban J connectivity index is 1.61. The number of halogens is 1. The van der Waals surface area contributed by atoms with Crippen LogP contribution in [-0.4, -0.2) is 42.8 Å². The second-order valence-corrected chi connectivity index (χ2v) is 8.82. The molecule has 0 unspecified atom stereocenters. The summed E-state index contributed by atoms with van der Waals surface area (Å²) in [4.78, 5) is 25.5. The van der Waals surface area contributed by atoms with E-state index in [1.54, 1.807) is 12.3 Å². The number of anilines is 2. The van der Waals surface area contributed by atoms with Crippen LogP contribution in [0.25, 0.3) is 11.4 Å². The SMILES string of the molecule is CC[C@]1(O)[C@H](O)C[C@H](c2ccncc2NC(=O)c2nc(-c3ncccc3F)ccc2N)C[C@@H]1C. The van der Waals surface area contributed by atoms with Crippen molar-refractivity contribution in [3.63, 3.8) is 0 Å². The lowest BCUT2D eigenvalue weighted by Gasteiger charge is -2.45. The van der Waals surface area contributed by atoms with Crippen molar-refractivity contribution in [3.8, 4) is 11.4 Å². The molecule has 0 bridgehead atoms. The highest BCUT2D eigenvalue weighted by molar-refractivity contribution is 6.06. The normalized spacial score (nSPS) is 24.6. The Morgan fingerprint density at radius 2 is 2.06 bits per heavy atom. The Labute approximate surface area is 197 Å². The zero-order chi connectivity index (χ0) is 24.5.